The number of hydrogen-bond donors (Lipinski definition) is 1. The Labute approximate surface area is 64.1 Å². The third-order valence-electron chi connectivity index (χ3n) is 1.25. The molecule has 1 rings (SSSR count). The van der Waals surface area contributed by atoms with Gasteiger partial charge in [-0.3, -0.25) is 9.36 Å². The highest BCUT2D eigenvalue weighted by molar-refractivity contribution is 4.82. The zero-order valence-electron chi connectivity index (χ0n) is 6.27. The van der Waals surface area contributed by atoms with Gasteiger partial charge in [0.1, 0.15) is 0 Å². The summed E-state index contributed by atoms with van der Waals surface area (Å²) in [6.07, 6.45) is 2.33. The minimum Gasteiger partial charge on any atom is -0.392 e. The van der Waals surface area contributed by atoms with E-state index >= 15 is 0 Å². The summed E-state index contributed by atoms with van der Waals surface area (Å²) < 4.78 is 1.37. The van der Waals surface area contributed by atoms with Gasteiger partial charge in [-0.25, -0.2) is 4.98 Å². The van der Waals surface area contributed by atoms with Crippen molar-refractivity contribution in [1.29, 1.82) is 0 Å². The SMILES string of the molecule is C[C@H](O)Cn1cnccc1=O. The van der Waals surface area contributed by atoms with Crippen molar-refractivity contribution in [3.63, 3.8) is 0 Å². The van der Waals surface area contributed by atoms with E-state index in [4.69, 9.17) is 5.11 Å². The van der Waals surface area contributed by atoms with Crippen molar-refractivity contribution >= 4 is 0 Å². The fourth-order valence-corrected chi connectivity index (χ4v) is 0.800. The van der Waals surface area contributed by atoms with Crippen LogP contribution in [0.2, 0.25) is 0 Å². The molecule has 1 N–H and O–H groups in total. The van der Waals surface area contributed by atoms with E-state index in [0.717, 1.165) is 0 Å². The minimum atomic E-state index is -0.517. The van der Waals surface area contributed by atoms with Crippen LogP contribution in [0.25, 0.3) is 0 Å². The Balaban J connectivity index is 2.87. The Morgan fingerprint density at radius 2 is 2.55 bits per heavy atom. The summed E-state index contributed by atoms with van der Waals surface area (Å²) in [5, 5.41) is 8.94. The summed E-state index contributed by atoms with van der Waals surface area (Å²) in [5.74, 6) is 0. The Bertz CT molecular complexity index is 280. The summed E-state index contributed by atoms with van der Waals surface area (Å²) in [4.78, 5) is 14.7. The highest BCUT2D eigenvalue weighted by Crippen LogP contribution is 1.84. The first-order chi connectivity index (χ1) is 5.20. The van der Waals surface area contributed by atoms with E-state index in [9.17, 15) is 4.79 Å². The molecule has 4 heteroatoms. The predicted molar refractivity (Wildman–Crippen MR) is 40.2 cm³/mol. The molecular formula is C7H10N2O2. The van der Waals surface area contributed by atoms with Gasteiger partial charge in [0, 0.05) is 12.3 Å². The first kappa shape index (κ1) is 7.94. The standard InChI is InChI=1S/C7H10N2O2/c1-6(10)4-9-5-8-3-2-7(9)11/h2-3,5-6,10H,4H2,1H3/t6-/m0/s1. The largest absolute Gasteiger partial charge is 0.392 e. The third kappa shape index (κ3) is 2.16. The number of nitrogens with zero attached hydrogens (tertiary/aromatic N) is 2. The highest BCUT2D eigenvalue weighted by Gasteiger charge is 1.97. The fraction of sp³-hybridized carbons (Fsp3) is 0.429. The second kappa shape index (κ2) is 3.30. The van der Waals surface area contributed by atoms with E-state index in [-0.39, 0.29) is 5.56 Å². The molecule has 1 aromatic rings. The van der Waals surface area contributed by atoms with Crippen molar-refractivity contribution in [1.82, 2.24) is 9.55 Å². The smallest absolute Gasteiger partial charge is 0.253 e. The Morgan fingerprint density at radius 1 is 1.82 bits per heavy atom. The molecule has 0 aliphatic carbocycles. The maximum absolute atomic E-state index is 11.0. The Hall–Kier alpha value is -1.16. The van der Waals surface area contributed by atoms with Crippen LogP contribution in [0.3, 0.4) is 0 Å². The third-order valence-corrected chi connectivity index (χ3v) is 1.25. The van der Waals surface area contributed by atoms with Crippen LogP contribution < -0.4 is 5.56 Å². The number of aliphatic hydroxyl groups excluding tert-OH is 1. The van der Waals surface area contributed by atoms with Gasteiger partial charge in [-0.05, 0) is 6.92 Å². The van der Waals surface area contributed by atoms with E-state index in [1.54, 1.807) is 6.92 Å². The maximum Gasteiger partial charge on any atom is 0.253 e. The maximum atomic E-state index is 11.0. The second-order valence-electron chi connectivity index (χ2n) is 2.42. The summed E-state index contributed by atoms with van der Waals surface area (Å²) in [6.45, 7) is 1.92. The molecule has 0 aliphatic heterocycles. The van der Waals surface area contributed by atoms with Gasteiger partial charge in [0.15, 0.2) is 0 Å². The first-order valence-electron chi connectivity index (χ1n) is 3.38. The average Bonchev–Trinajstić information content (AvgIpc) is 1.93. The molecule has 60 valence electrons. The average molecular weight is 154 g/mol. The van der Waals surface area contributed by atoms with E-state index in [2.05, 4.69) is 4.98 Å². The summed E-state index contributed by atoms with van der Waals surface area (Å²) in [6, 6.07) is 1.36. The van der Waals surface area contributed by atoms with Gasteiger partial charge in [0.2, 0.25) is 0 Å². The molecule has 1 heterocycles. The van der Waals surface area contributed by atoms with Crippen molar-refractivity contribution in [2.24, 2.45) is 0 Å². The lowest BCUT2D eigenvalue weighted by molar-refractivity contribution is 0.171. The molecule has 0 saturated carbocycles. The molecule has 0 saturated heterocycles. The lowest BCUT2D eigenvalue weighted by atomic mass is 10.4. The van der Waals surface area contributed by atoms with Crippen molar-refractivity contribution in [2.45, 2.75) is 19.6 Å². The van der Waals surface area contributed by atoms with Gasteiger partial charge in [-0.15, -0.1) is 0 Å². The molecule has 0 aromatic carbocycles. The van der Waals surface area contributed by atoms with Gasteiger partial charge in [0.05, 0.1) is 19.0 Å². The van der Waals surface area contributed by atoms with Gasteiger partial charge in [-0.1, -0.05) is 0 Å². The van der Waals surface area contributed by atoms with Gasteiger partial charge < -0.3 is 5.11 Å². The molecule has 1 aromatic heterocycles. The van der Waals surface area contributed by atoms with Crippen LogP contribution in [0, 0.1) is 0 Å². The molecule has 0 unspecified atom stereocenters. The van der Waals surface area contributed by atoms with E-state index in [0.29, 0.717) is 6.54 Å². The van der Waals surface area contributed by atoms with Crippen LogP contribution in [-0.2, 0) is 6.54 Å². The zero-order chi connectivity index (χ0) is 8.27. The first-order valence-corrected chi connectivity index (χ1v) is 3.38. The van der Waals surface area contributed by atoms with Crippen LogP contribution in [0.4, 0.5) is 0 Å². The molecule has 0 fully saturated rings. The number of aromatic nitrogens is 2. The number of hydrogen-bond acceptors (Lipinski definition) is 3. The van der Waals surface area contributed by atoms with Gasteiger partial charge >= 0.3 is 0 Å². The van der Waals surface area contributed by atoms with Gasteiger partial charge in [0.25, 0.3) is 5.56 Å². The molecule has 4 nitrogen and oxygen atoms in total. The molecule has 0 spiro atoms. The zero-order valence-corrected chi connectivity index (χ0v) is 6.27. The summed E-state index contributed by atoms with van der Waals surface area (Å²) in [7, 11) is 0. The van der Waals surface area contributed by atoms with Crippen LogP contribution in [-0.4, -0.2) is 20.8 Å². The summed E-state index contributed by atoms with van der Waals surface area (Å²) >= 11 is 0. The highest BCUT2D eigenvalue weighted by atomic mass is 16.3. The van der Waals surface area contributed by atoms with Crippen LogP contribution in [0.1, 0.15) is 6.92 Å². The molecule has 1 atom stereocenters. The van der Waals surface area contributed by atoms with E-state index < -0.39 is 6.10 Å². The monoisotopic (exact) mass is 154 g/mol. The van der Waals surface area contributed by atoms with E-state index in [1.165, 1.54) is 23.2 Å². The topological polar surface area (TPSA) is 55.1 Å². The molecular weight excluding hydrogens is 144 g/mol. The van der Waals surface area contributed by atoms with Crippen molar-refractivity contribution in [2.75, 3.05) is 0 Å². The molecule has 0 bridgehead atoms. The van der Waals surface area contributed by atoms with E-state index in [1.807, 2.05) is 0 Å². The number of aliphatic hydroxyl groups is 1. The number of rotatable bonds is 2. The fourth-order valence-electron chi connectivity index (χ4n) is 0.800. The second-order valence-corrected chi connectivity index (χ2v) is 2.42. The van der Waals surface area contributed by atoms with Gasteiger partial charge in [-0.2, -0.15) is 0 Å². The van der Waals surface area contributed by atoms with Crippen molar-refractivity contribution in [3.8, 4) is 0 Å². The molecule has 0 amide bonds. The van der Waals surface area contributed by atoms with Crippen LogP contribution >= 0.6 is 0 Å². The summed E-state index contributed by atoms with van der Waals surface area (Å²) in [5.41, 5.74) is -0.138. The molecule has 0 radical (unpaired) electrons. The quantitative estimate of drug-likeness (QED) is 0.632. The normalized spacial score (nSPS) is 12.9. The Kier molecular flexibility index (Phi) is 2.38. The lowest BCUT2D eigenvalue weighted by Gasteiger charge is -2.05. The molecule has 0 aliphatic rings. The predicted octanol–water partition coefficient (Wildman–Crippen LogP) is -0.376. The molecule has 11 heavy (non-hydrogen) atoms. The van der Waals surface area contributed by atoms with Crippen LogP contribution in [0.15, 0.2) is 23.4 Å². The lowest BCUT2D eigenvalue weighted by Crippen LogP contribution is -2.24. The van der Waals surface area contributed by atoms with Crippen molar-refractivity contribution < 1.29 is 5.11 Å². The van der Waals surface area contributed by atoms with Crippen LogP contribution in [0.5, 0.6) is 0 Å². The van der Waals surface area contributed by atoms with Crippen molar-refractivity contribution in [3.05, 3.63) is 28.9 Å². The Morgan fingerprint density at radius 3 is 3.09 bits per heavy atom. The minimum absolute atomic E-state index is 0.138.